The van der Waals surface area contributed by atoms with Gasteiger partial charge in [0, 0.05) is 18.3 Å². The number of nitrogens with zero attached hydrogens (tertiary/aromatic N) is 4. The van der Waals surface area contributed by atoms with Crippen LogP contribution in [0.2, 0.25) is 0 Å². The molecule has 26 heavy (non-hydrogen) atoms. The molecule has 1 aromatic heterocycles. The first-order valence-corrected chi connectivity index (χ1v) is 9.10. The van der Waals surface area contributed by atoms with Crippen molar-refractivity contribution in [2.24, 2.45) is 0 Å². The first kappa shape index (κ1) is 18.1. The van der Waals surface area contributed by atoms with Crippen molar-refractivity contribution in [1.82, 2.24) is 9.97 Å². The lowest BCUT2D eigenvalue weighted by Crippen LogP contribution is -2.38. The number of nitrogens with one attached hydrogen (secondary N) is 1. The number of anilines is 3. The Morgan fingerprint density at radius 3 is 2.58 bits per heavy atom. The van der Waals surface area contributed by atoms with Gasteiger partial charge >= 0.3 is 5.69 Å². The summed E-state index contributed by atoms with van der Waals surface area (Å²) in [5.41, 5.74) is 1.93. The molecule has 1 aromatic carbocycles. The molecule has 2 aromatic rings. The second kappa shape index (κ2) is 7.68. The average Bonchev–Trinajstić information content (AvgIpc) is 2.62. The minimum absolute atomic E-state index is 0.0609. The highest BCUT2D eigenvalue weighted by Gasteiger charge is 2.30. The van der Waals surface area contributed by atoms with E-state index in [1.165, 1.54) is 11.9 Å². The second-order valence-electron chi connectivity index (χ2n) is 7.09. The van der Waals surface area contributed by atoms with Crippen molar-refractivity contribution in [3.8, 4) is 0 Å². The lowest BCUT2D eigenvalue weighted by molar-refractivity contribution is -0.383. The summed E-state index contributed by atoms with van der Waals surface area (Å²) in [5, 5.41) is 14.9. The Hall–Kier alpha value is -2.70. The van der Waals surface area contributed by atoms with Gasteiger partial charge in [-0.3, -0.25) is 10.1 Å². The molecule has 1 saturated heterocycles. The summed E-state index contributed by atoms with van der Waals surface area (Å²) >= 11 is 0. The number of benzene rings is 1. The van der Waals surface area contributed by atoms with Crippen LogP contribution in [0.25, 0.3) is 0 Å². The SMILES string of the molecule is CC(C)c1ccc(Nc2ncnc(N3CCCCC3C)c2[N+](=O)[O-])cc1. The van der Waals surface area contributed by atoms with Crippen LogP contribution in [0.4, 0.5) is 23.0 Å². The minimum atomic E-state index is -0.387. The molecule has 3 rings (SSSR count). The molecule has 138 valence electrons. The van der Waals surface area contributed by atoms with Crippen molar-refractivity contribution in [3.63, 3.8) is 0 Å². The van der Waals surface area contributed by atoms with Crippen molar-refractivity contribution >= 4 is 23.0 Å². The van der Waals surface area contributed by atoms with Crippen molar-refractivity contribution in [2.45, 2.75) is 52.0 Å². The molecule has 0 aliphatic carbocycles. The van der Waals surface area contributed by atoms with Crippen LogP contribution in [0, 0.1) is 10.1 Å². The number of hydrogen-bond acceptors (Lipinski definition) is 6. The molecule has 0 saturated carbocycles. The van der Waals surface area contributed by atoms with E-state index in [1.54, 1.807) is 0 Å². The van der Waals surface area contributed by atoms with E-state index in [0.717, 1.165) is 31.5 Å². The fourth-order valence-electron chi connectivity index (χ4n) is 3.34. The molecule has 1 N–H and O–H groups in total. The molecule has 1 atom stereocenters. The van der Waals surface area contributed by atoms with E-state index in [2.05, 4.69) is 36.1 Å². The standard InChI is InChI=1S/C19H25N5O2/c1-13(2)15-7-9-16(10-8-15)22-18-17(24(25)26)19(21-12-20-18)23-11-5-4-6-14(23)3/h7-10,12-14H,4-6,11H2,1-3H3,(H,20,21,22). The molecule has 0 spiro atoms. The van der Waals surface area contributed by atoms with Gasteiger partial charge in [0.2, 0.25) is 11.6 Å². The number of nitro groups is 1. The van der Waals surface area contributed by atoms with Crippen molar-refractivity contribution in [2.75, 3.05) is 16.8 Å². The van der Waals surface area contributed by atoms with Gasteiger partial charge in [-0.15, -0.1) is 0 Å². The predicted octanol–water partition coefficient (Wildman–Crippen LogP) is 4.63. The molecule has 1 aliphatic rings. The number of piperidine rings is 1. The largest absolute Gasteiger partial charge is 0.353 e. The Morgan fingerprint density at radius 2 is 1.96 bits per heavy atom. The van der Waals surface area contributed by atoms with Crippen LogP contribution < -0.4 is 10.2 Å². The molecule has 1 unspecified atom stereocenters. The minimum Gasteiger partial charge on any atom is -0.348 e. The summed E-state index contributed by atoms with van der Waals surface area (Å²) < 4.78 is 0. The molecule has 1 aliphatic heterocycles. The third-order valence-corrected chi connectivity index (χ3v) is 4.90. The zero-order valence-corrected chi connectivity index (χ0v) is 15.5. The van der Waals surface area contributed by atoms with Crippen LogP contribution in [-0.4, -0.2) is 27.5 Å². The molecule has 7 nitrogen and oxygen atoms in total. The van der Waals surface area contributed by atoms with E-state index in [4.69, 9.17) is 0 Å². The number of hydrogen-bond donors (Lipinski definition) is 1. The topological polar surface area (TPSA) is 84.2 Å². The van der Waals surface area contributed by atoms with Crippen molar-refractivity contribution < 1.29 is 4.92 Å². The molecular formula is C19H25N5O2. The summed E-state index contributed by atoms with van der Waals surface area (Å²) in [7, 11) is 0. The van der Waals surface area contributed by atoms with Gasteiger partial charge in [-0.2, -0.15) is 0 Å². The van der Waals surface area contributed by atoms with Crippen molar-refractivity contribution in [1.29, 1.82) is 0 Å². The van der Waals surface area contributed by atoms with Gasteiger partial charge in [-0.1, -0.05) is 26.0 Å². The fraction of sp³-hybridized carbons (Fsp3) is 0.474. The van der Waals surface area contributed by atoms with E-state index >= 15 is 0 Å². The maximum atomic E-state index is 11.8. The number of aromatic nitrogens is 2. The monoisotopic (exact) mass is 355 g/mol. The number of rotatable bonds is 5. The third kappa shape index (κ3) is 3.76. The lowest BCUT2D eigenvalue weighted by Gasteiger charge is -2.33. The van der Waals surface area contributed by atoms with Crippen LogP contribution in [0.15, 0.2) is 30.6 Å². The molecule has 0 bridgehead atoms. The molecule has 0 radical (unpaired) electrons. The van der Waals surface area contributed by atoms with Gasteiger partial charge in [-0.05, 0) is 49.8 Å². The van der Waals surface area contributed by atoms with Gasteiger partial charge in [0.05, 0.1) is 4.92 Å². The molecule has 1 fully saturated rings. The summed E-state index contributed by atoms with van der Waals surface area (Å²) in [6.45, 7) is 7.12. The highest BCUT2D eigenvalue weighted by Crippen LogP contribution is 2.36. The summed E-state index contributed by atoms with van der Waals surface area (Å²) in [5.74, 6) is 1.07. The Bertz CT molecular complexity index is 776. The predicted molar refractivity (Wildman–Crippen MR) is 103 cm³/mol. The summed E-state index contributed by atoms with van der Waals surface area (Å²) in [6.07, 6.45) is 4.57. The zero-order chi connectivity index (χ0) is 18.7. The van der Waals surface area contributed by atoms with E-state index < -0.39 is 0 Å². The van der Waals surface area contributed by atoms with E-state index in [-0.39, 0.29) is 22.5 Å². The van der Waals surface area contributed by atoms with Gasteiger partial charge in [0.15, 0.2) is 0 Å². The normalized spacial score (nSPS) is 17.4. The average molecular weight is 355 g/mol. The maximum absolute atomic E-state index is 11.8. The Morgan fingerprint density at radius 1 is 1.23 bits per heavy atom. The third-order valence-electron chi connectivity index (χ3n) is 4.90. The first-order chi connectivity index (χ1) is 12.5. The van der Waals surface area contributed by atoms with Gasteiger partial charge in [0.25, 0.3) is 0 Å². The molecular weight excluding hydrogens is 330 g/mol. The Balaban J connectivity index is 1.94. The highest BCUT2D eigenvalue weighted by molar-refractivity contribution is 5.74. The zero-order valence-electron chi connectivity index (χ0n) is 15.5. The molecule has 0 amide bonds. The van der Waals surface area contributed by atoms with Crippen LogP contribution in [0.1, 0.15) is 51.5 Å². The molecule has 7 heteroatoms. The van der Waals surface area contributed by atoms with Crippen LogP contribution in [-0.2, 0) is 0 Å². The van der Waals surface area contributed by atoms with E-state index in [1.807, 2.05) is 29.2 Å². The highest BCUT2D eigenvalue weighted by atomic mass is 16.6. The Labute approximate surface area is 153 Å². The fourth-order valence-corrected chi connectivity index (χ4v) is 3.34. The van der Waals surface area contributed by atoms with Crippen molar-refractivity contribution in [3.05, 3.63) is 46.3 Å². The molecule has 2 heterocycles. The van der Waals surface area contributed by atoms with Gasteiger partial charge in [-0.25, -0.2) is 9.97 Å². The summed E-state index contributed by atoms with van der Waals surface area (Å²) in [4.78, 5) is 21.8. The van der Waals surface area contributed by atoms with E-state index in [9.17, 15) is 10.1 Å². The van der Waals surface area contributed by atoms with Gasteiger partial charge in [0.1, 0.15) is 6.33 Å². The quantitative estimate of drug-likeness (QED) is 0.622. The second-order valence-corrected chi connectivity index (χ2v) is 7.09. The Kier molecular flexibility index (Phi) is 5.35. The first-order valence-electron chi connectivity index (χ1n) is 9.10. The van der Waals surface area contributed by atoms with E-state index in [0.29, 0.717) is 11.7 Å². The smallest absolute Gasteiger partial charge is 0.348 e. The lowest BCUT2D eigenvalue weighted by atomic mass is 10.0. The van der Waals surface area contributed by atoms with Crippen LogP contribution >= 0.6 is 0 Å². The van der Waals surface area contributed by atoms with Gasteiger partial charge < -0.3 is 10.2 Å². The van der Waals surface area contributed by atoms with Crippen LogP contribution in [0.5, 0.6) is 0 Å². The summed E-state index contributed by atoms with van der Waals surface area (Å²) in [6, 6.07) is 8.12. The van der Waals surface area contributed by atoms with Crippen LogP contribution in [0.3, 0.4) is 0 Å². The maximum Gasteiger partial charge on any atom is 0.353 e.